The van der Waals surface area contributed by atoms with E-state index in [4.69, 9.17) is 0 Å². The molecule has 1 heterocycles. The molecular formula is C16H14N2O3. The number of nitrogens with one attached hydrogen (secondary N) is 1. The number of hydrogen-bond acceptors (Lipinski definition) is 3. The molecule has 2 rings (SSSR count). The summed E-state index contributed by atoms with van der Waals surface area (Å²) >= 11 is 0. The third-order valence-electron chi connectivity index (χ3n) is 2.74. The van der Waals surface area contributed by atoms with Crippen molar-refractivity contribution < 1.29 is 14.3 Å². The van der Waals surface area contributed by atoms with Gasteiger partial charge < -0.3 is 10.5 Å². The van der Waals surface area contributed by atoms with Gasteiger partial charge in [-0.2, -0.15) is 4.73 Å². The van der Waals surface area contributed by atoms with Crippen LogP contribution in [-0.2, 0) is 4.79 Å². The minimum atomic E-state index is -0.179. The molecule has 106 valence electrons. The summed E-state index contributed by atoms with van der Waals surface area (Å²) in [5.74, 6) is -0.310. The van der Waals surface area contributed by atoms with Crippen LogP contribution in [-0.4, -0.2) is 11.7 Å². The lowest BCUT2D eigenvalue weighted by molar-refractivity contribution is -0.605. The van der Waals surface area contributed by atoms with Gasteiger partial charge in [0, 0.05) is 30.3 Å². The lowest BCUT2D eigenvalue weighted by Crippen LogP contribution is -2.24. The molecule has 1 aromatic carbocycles. The van der Waals surface area contributed by atoms with Crippen LogP contribution in [0, 0.1) is 5.21 Å². The second-order valence-corrected chi connectivity index (χ2v) is 4.45. The Labute approximate surface area is 122 Å². The molecule has 21 heavy (non-hydrogen) atoms. The van der Waals surface area contributed by atoms with Crippen molar-refractivity contribution in [2.75, 3.05) is 5.32 Å². The van der Waals surface area contributed by atoms with Crippen LogP contribution in [0.3, 0.4) is 0 Å². The molecule has 1 aromatic heterocycles. The topological polar surface area (TPSA) is 73.1 Å². The van der Waals surface area contributed by atoms with Gasteiger partial charge in [-0.3, -0.25) is 9.59 Å². The second-order valence-electron chi connectivity index (χ2n) is 4.45. The second kappa shape index (κ2) is 6.47. The molecule has 5 nitrogen and oxygen atoms in total. The van der Waals surface area contributed by atoms with Gasteiger partial charge in [0.1, 0.15) is 0 Å². The van der Waals surface area contributed by atoms with Crippen LogP contribution in [0.1, 0.15) is 22.8 Å². The molecule has 5 heteroatoms. The van der Waals surface area contributed by atoms with Crippen molar-refractivity contribution in [2.45, 2.75) is 6.92 Å². The number of amides is 1. The highest BCUT2D eigenvalue weighted by Crippen LogP contribution is 2.11. The van der Waals surface area contributed by atoms with E-state index in [1.807, 2.05) is 0 Å². The Morgan fingerprint density at radius 3 is 2.29 bits per heavy atom. The Balaban J connectivity index is 2.05. The fraction of sp³-hybridized carbons (Fsp3) is 0.0625. The summed E-state index contributed by atoms with van der Waals surface area (Å²) in [6, 6.07) is 10.1. The van der Waals surface area contributed by atoms with E-state index in [1.54, 1.807) is 30.3 Å². The van der Waals surface area contributed by atoms with Crippen LogP contribution < -0.4 is 10.0 Å². The number of carbonyl (C=O) groups excluding carboxylic acids is 2. The molecule has 0 atom stereocenters. The summed E-state index contributed by atoms with van der Waals surface area (Å²) < 4.78 is 0.626. The van der Waals surface area contributed by atoms with Crippen LogP contribution in [0.4, 0.5) is 5.69 Å². The van der Waals surface area contributed by atoms with E-state index in [2.05, 4.69) is 5.32 Å². The average molecular weight is 282 g/mol. The Morgan fingerprint density at radius 2 is 1.71 bits per heavy atom. The Morgan fingerprint density at radius 1 is 1.10 bits per heavy atom. The first kappa shape index (κ1) is 14.5. The van der Waals surface area contributed by atoms with Crippen molar-refractivity contribution in [3.8, 4) is 0 Å². The maximum absolute atomic E-state index is 11.9. The SMILES string of the molecule is CC(=O)Nc1ccc(C=CC(=O)c2cc[n+]([O-])cc2)cc1. The standard InChI is InChI=1S/C16H14N2O3/c1-12(19)17-15-5-2-13(3-6-15)4-7-16(20)14-8-10-18(21)11-9-14/h2-11H,1H3,(H,17,19). The third kappa shape index (κ3) is 4.28. The average Bonchev–Trinajstić information content (AvgIpc) is 2.46. The van der Waals surface area contributed by atoms with Gasteiger partial charge in [-0.05, 0) is 23.8 Å². The molecule has 1 N–H and O–H groups in total. The third-order valence-corrected chi connectivity index (χ3v) is 2.74. The lowest BCUT2D eigenvalue weighted by Gasteiger charge is -2.01. The van der Waals surface area contributed by atoms with E-state index in [9.17, 15) is 14.8 Å². The molecule has 0 saturated carbocycles. The molecule has 0 saturated heterocycles. The zero-order valence-electron chi connectivity index (χ0n) is 11.4. The number of nitrogens with zero attached hydrogens (tertiary/aromatic N) is 1. The first-order valence-electron chi connectivity index (χ1n) is 6.33. The van der Waals surface area contributed by atoms with Gasteiger partial charge in [0.25, 0.3) is 0 Å². The monoisotopic (exact) mass is 282 g/mol. The summed E-state index contributed by atoms with van der Waals surface area (Å²) in [6.45, 7) is 1.44. The number of ketones is 1. The number of hydrogen-bond donors (Lipinski definition) is 1. The molecule has 0 unspecified atom stereocenters. The summed E-state index contributed by atoms with van der Waals surface area (Å²) in [5, 5.41) is 13.6. The van der Waals surface area contributed by atoms with Crippen LogP contribution >= 0.6 is 0 Å². The number of aromatic nitrogens is 1. The van der Waals surface area contributed by atoms with Crippen molar-refractivity contribution >= 4 is 23.5 Å². The largest absolute Gasteiger partial charge is 0.619 e. The first-order chi connectivity index (χ1) is 10.0. The van der Waals surface area contributed by atoms with Crippen LogP contribution in [0.15, 0.2) is 54.9 Å². The van der Waals surface area contributed by atoms with Gasteiger partial charge in [-0.15, -0.1) is 0 Å². The molecule has 0 bridgehead atoms. The summed E-state index contributed by atoms with van der Waals surface area (Å²) in [7, 11) is 0. The van der Waals surface area contributed by atoms with Gasteiger partial charge in [-0.1, -0.05) is 18.2 Å². The number of pyridine rings is 1. The normalized spacial score (nSPS) is 10.5. The van der Waals surface area contributed by atoms with E-state index in [0.717, 1.165) is 5.56 Å². The molecule has 0 fully saturated rings. The summed E-state index contributed by atoms with van der Waals surface area (Å²) in [5.41, 5.74) is 1.99. The quantitative estimate of drug-likeness (QED) is 0.404. The molecule has 0 radical (unpaired) electrons. The molecular weight excluding hydrogens is 268 g/mol. The van der Waals surface area contributed by atoms with Crippen molar-refractivity contribution in [1.29, 1.82) is 0 Å². The minimum absolute atomic E-state index is 0.131. The van der Waals surface area contributed by atoms with E-state index >= 15 is 0 Å². The van der Waals surface area contributed by atoms with Crippen molar-refractivity contribution in [1.82, 2.24) is 0 Å². The Hall–Kier alpha value is -2.95. The number of carbonyl (C=O) groups is 2. The van der Waals surface area contributed by atoms with Crippen LogP contribution in [0.25, 0.3) is 6.08 Å². The van der Waals surface area contributed by atoms with Gasteiger partial charge >= 0.3 is 0 Å². The van der Waals surface area contributed by atoms with Crippen molar-refractivity contribution in [3.05, 3.63) is 71.2 Å². The smallest absolute Gasteiger partial charge is 0.221 e. The zero-order valence-corrected chi connectivity index (χ0v) is 11.4. The van der Waals surface area contributed by atoms with Crippen molar-refractivity contribution in [3.63, 3.8) is 0 Å². The molecule has 0 spiro atoms. The molecule has 1 amide bonds. The van der Waals surface area contributed by atoms with Gasteiger partial charge in [0.05, 0.1) is 0 Å². The van der Waals surface area contributed by atoms with Crippen LogP contribution in [0.5, 0.6) is 0 Å². The molecule has 0 aliphatic rings. The lowest BCUT2D eigenvalue weighted by atomic mass is 10.1. The highest BCUT2D eigenvalue weighted by molar-refractivity contribution is 6.06. The fourth-order valence-electron chi connectivity index (χ4n) is 1.73. The zero-order chi connectivity index (χ0) is 15.2. The maximum Gasteiger partial charge on any atom is 0.221 e. The van der Waals surface area contributed by atoms with Crippen LogP contribution in [0.2, 0.25) is 0 Å². The number of rotatable bonds is 4. The van der Waals surface area contributed by atoms with Gasteiger partial charge in [-0.25, -0.2) is 0 Å². The predicted molar refractivity (Wildman–Crippen MR) is 79.5 cm³/mol. The van der Waals surface area contributed by atoms with E-state index in [-0.39, 0.29) is 11.7 Å². The van der Waals surface area contributed by atoms with E-state index in [1.165, 1.54) is 37.5 Å². The Kier molecular flexibility index (Phi) is 4.46. The highest BCUT2D eigenvalue weighted by Gasteiger charge is 2.02. The number of benzene rings is 1. The number of anilines is 1. The predicted octanol–water partition coefficient (Wildman–Crippen LogP) is 2.17. The van der Waals surface area contributed by atoms with E-state index < -0.39 is 0 Å². The Bertz CT molecular complexity index is 674. The van der Waals surface area contributed by atoms with E-state index in [0.29, 0.717) is 16.0 Å². The maximum atomic E-state index is 11.9. The van der Waals surface area contributed by atoms with Crippen molar-refractivity contribution in [2.24, 2.45) is 0 Å². The summed E-state index contributed by atoms with van der Waals surface area (Å²) in [6.07, 6.45) is 5.68. The van der Waals surface area contributed by atoms with Gasteiger partial charge in [0.15, 0.2) is 18.2 Å². The highest BCUT2D eigenvalue weighted by atomic mass is 16.5. The van der Waals surface area contributed by atoms with Gasteiger partial charge in [0.2, 0.25) is 5.91 Å². The molecule has 0 aliphatic carbocycles. The minimum Gasteiger partial charge on any atom is -0.619 e. The summed E-state index contributed by atoms with van der Waals surface area (Å²) in [4.78, 5) is 22.8. The fourth-order valence-corrected chi connectivity index (χ4v) is 1.73. The first-order valence-corrected chi connectivity index (χ1v) is 6.33. The number of allylic oxidation sites excluding steroid dienone is 1. The molecule has 2 aromatic rings. The molecule has 0 aliphatic heterocycles.